The van der Waals surface area contributed by atoms with Gasteiger partial charge in [0.25, 0.3) is 0 Å². The highest BCUT2D eigenvalue weighted by molar-refractivity contribution is 5.56. The maximum absolute atomic E-state index is 13.4. The monoisotopic (exact) mass is 232 g/mol. The fourth-order valence-corrected chi connectivity index (χ4v) is 1.46. The summed E-state index contributed by atoms with van der Waals surface area (Å²) in [5, 5.41) is 0. The van der Waals surface area contributed by atoms with Gasteiger partial charge < -0.3 is 5.73 Å². The molecular weight excluding hydrogens is 219 g/mol. The molecule has 0 saturated carbocycles. The van der Waals surface area contributed by atoms with Gasteiger partial charge >= 0.3 is 0 Å². The van der Waals surface area contributed by atoms with Crippen molar-refractivity contribution in [1.82, 2.24) is 15.0 Å². The van der Waals surface area contributed by atoms with E-state index in [0.717, 1.165) is 0 Å². The maximum atomic E-state index is 13.4. The van der Waals surface area contributed by atoms with Crippen LogP contribution in [0, 0.1) is 12.7 Å². The summed E-state index contributed by atoms with van der Waals surface area (Å²) >= 11 is 0. The largest absolute Gasteiger partial charge is 0.368 e. The number of rotatable bonds is 2. The Morgan fingerprint density at radius 3 is 2.65 bits per heavy atom. The van der Waals surface area contributed by atoms with Gasteiger partial charge in [0.05, 0.1) is 0 Å². The summed E-state index contributed by atoms with van der Waals surface area (Å²) in [4.78, 5) is 12.2. The second-order valence-corrected chi connectivity index (χ2v) is 3.75. The maximum Gasteiger partial charge on any atom is 0.223 e. The lowest BCUT2D eigenvalue weighted by atomic mass is 10.1. The number of hydrogen-bond donors (Lipinski definition) is 1. The van der Waals surface area contributed by atoms with E-state index < -0.39 is 0 Å². The minimum Gasteiger partial charge on any atom is -0.368 e. The second kappa shape index (κ2) is 4.45. The molecule has 88 valence electrons. The molecule has 2 aromatic rings. The molecule has 0 aliphatic carbocycles. The SMILES string of the molecule is CCc1nc(N)nc(-c2ccc(C)c(F)c2)n1. The number of aromatic nitrogens is 3. The molecule has 1 aromatic heterocycles. The Kier molecular flexibility index (Phi) is 2.99. The third-order valence-corrected chi connectivity index (χ3v) is 2.45. The van der Waals surface area contributed by atoms with Gasteiger partial charge in [0.15, 0.2) is 5.82 Å². The molecule has 0 saturated heterocycles. The van der Waals surface area contributed by atoms with E-state index in [4.69, 9.17) is 5.73 Å². The lowest BCUT2D eigenvalue weighted by molar-refractivity contribution is 0.619. The average Bonchev–Trinajstić information content (AvgIpc) is 2.32. The molecule has 0 unspecified atom stereocenters. The Morgan fingerprint density at radius 1 is 1.24 bits per heavy atom. The quantitative estimate of drug-likeness (QED) is 0.861. The Morgan fingerprint density at radius 2 is 2.00 bits per heavy atom. The number of nitrogen functional groups attached to an aromatic ring is 1. The molecule has 4 nitrogen and oxygen atoms in total. The summed E-state index contributed by atoms with van der Waals surface area (Å²) in [5.74, 6) is 0.897. The number of halogens is 1. The Balaban J connectivity index is 2.52. The van der Waals surface area contributed by atoms with Crippen LogP contribution in [-0.2, 0) is 6.42 Å². The molecule has 0 spiro atoms. The molecule has 5 heteroatoms. The van der Waals surface area contributed by atoms with Crippen LogP contribution in [0.3, 0.4) is 0 Å². The molecule has 0 amide bonds. The van der Waals surface area contributed by atoms with Crippen molar-refractivity contribution < 1.29 is 4.39 Å². The Bertz CT molecular complexity index is 554. The van der Waals surface area contributed by atoms with Crippen LogP contribution in [0.25, 0.3) is 11.4 Å². The molecule has 2 N–H and O–H groups in total. The summed E-state index contributed by atoms with van der Waals surface area (Å²) in [5.41, 5.74) is 6.78. The van der Waals surface area contributed by atoms with Crippen LogP contribution in [0.5, 0.6) is 0 Å². The van der Waals surface area contributed by atoms with Crippen LogP contribution >= 0.6 is 0 Å². The predicted octanol–water partition coefficient (Wildman–Crippen LogP) is 2.13. The third kappa shape index (κ3) is 2.38. The van der Waals surface area contributed by atoms with E-state index >= 15 is 0 Å². The van der Waals surface area contributed by atoms with Crippen LogP contribution in [0.2, 0.25) is 0 Å². The molecule has 1 aromatic carbocycles. The topological polar surface area (TPSA) is 64.7 Å². The van der Waals surface area contributed by atoms with Gasteiger partial charge in [-0.1, -0.05) is 19.1 Å². The van der Waals surface area contributed by atoms with Gasteiger partial charge in [0.1, 0.15) is 11.6 Å². The molecule has 0 atom stereocenters. The second-order valence-electron chi connectivity index (χ2n) is 3.75. The highest BCUT2D eigenvalue weighted by Gasteiger charge is 2.07. The van der Waals surface area contributed by atoms with Crippen molar-refractivity contribution in [2.75, 3.05) is 5.73 Å². The van der Waals surface area contributed by atoms with Gasteiger partial charge in [-0.2, -0.15) is 9.97 Å². The molecule has 2 rings (SSSR count). The molecule has 17 heavy (non-hydrogen) atoms. The highest BCUT2D eigenvalue weighted by atomic mass is 19.1. The summed E-state index contributed by atoms with van der Waals surface area (Å²) in [7, 11) is 0. The Labute approximate surface area is 98.7 Å². The van der Waals surface area contributed by atoms with E-state index in [-0.39, 0.29) is 11.8 Å². The molecule has 1 heterocycles. The minimum absolute atomic E-state index is 0.160. The van der Waals surface area contributed by atoms with Crippen LogP contribution in [0.4, 0.5) is 10.3 Å². The van der Waals surface area contributed by atoms with Crippen LogP contribution in [0.15, 0.2) is 18.2 Å². The molecule has 0 bridgehead atoms. The van der Waals surface area contributed by atoms with Gasteiger partial charge in [0.2, 0.25) is 5.95 Å². The van der Waals surface area contributed by atoms with Crippen LogP contribution < -0.4 is 5.73 Å². The van der Waals surface area contributed by atoms with E-state index in [2.05, 4.69) is 15.0 Å². The standard InChI is InChI=1S/C12H13FN4/c1-3-10-15-11(17-12(14)16-10)8-5-4-7(2)9(13)6-8/h4-6H,3H2,1-2H3,(H2,14,15,16,17). The van der Waals surface area contributed by atoms with Gasteiger partial charge in [0, 0.05) is 12.0 Å². The summed E-state index contributed by atoms with van der Waals surface area (Å²) in [6.07, 6.45) is 0.661. The van der Waals surface area contributed by atoms with E-state index in [1.807, 2.05) is 6.92 Å². The van der Waals surface area contributed by atoms with Crippen LogP contribution in [0.1, 0.15) is 18.3 Å². The van der Waals surface area contributed by atoms with Crippen molar-refractivity contribution in [2.45, 2.75) is 20.3 Å². The van der Waals surface area contributed by atoms with Crippen molar-refractivity contribution in [2.24, 2.45) is 0 Å². The fraction of sp³-hybridized carbons (Fsp3) is 0.250. The number of benzene rings is 1. The normalized spacial score (nSPS) is 10.5. The van der Waals surface area contributed by atoms with E-state index in [1.54, 1.807) is 19.1 Å². The highest BCUT2D eigenvalue weighted by Crippen LogP contribution is 2.18. The number of nitrogens with zero attached hydrogens (tertiary/aromatic N) is 3. The first-order chi connectivity index (χ1) is 8.10. The third-order valence-electron chi connectivity index (χ3n) is 2.45. The van der Waals surface area contributed by atoms with Crippen molar-refractivity contribution >= 4 is 5.95 Å². The Hall–Kier alpha value is -2.04. The smallest absolute Gasteiger partial charge is 0.223 e. The fourth-order valence-electron chi connectivity index (χ4n) is 1.46. The molecular formula is C12H13FN4. The number of anilines is 1. The van der Waals surface area contributed by atoms with Gasteiger partial charge in [-0.25, -0.2) is 9.37 Å². The first kappa shape index (κ1) is 11.4. The summed E-state index contributed by atoms with van der Waals surface area (Å²) < 4.78 is 13.4. The van der Waals surface area contributed by atoms with Crippen molar-refractivity contribution in [1.29, 1.82) is 0 Å². The molecule has 0 radical (unpaired) electrons. The number of hydrogen-bond acceptors (Lipinski definition) is 4. The summed E-state index contributed by atoms with van der Waals surface area (Å²) in [6, 6.07) is 4.87. The van der Waals surface area contributed by atoms with Gasteiger partial charge in [-0.05, 0) is 18.6 Å². The number of aryl methyl sites for hydroxylation is 2. The lowest BCUT2D eigenvalue weighted by Crippen LogP contribution is -2.04. The predicted molar refractivity (Wildman–Crippen MR) is 63.7 cm³/mol. The zero-order valence-corrected chi connectivity index (χ0v) is 9.74. The zero-order valence-electron chi connectivity index (χ0n) is 9.74. The van der Waals surface area contributed by atoms with Crippen molar-refractivity contribution in [3.8, 4) is 11.4 Å². The first-order valence-electron chi connectivity index (χ1n) is 5.37. The van der Waals surface area contributed by atoms with Gasteiger partial charge in [-0.15, -0.1) is 0 Å². The van der Waals surface area contributed by atoms with Crippen molar-refractivity contribution in [3.63, 3.8) is 0 Å². The average molecular weight is 232 g/mol. The van der Waals surface area contributed by atoms with Crippen molar-refractivity contribution in [3.05, 3.63) is 35.4 Å². The van der Waals surface area contributed by atoms with E-state index in [9.17, 15) is 4.39 Å². The van der Waals surface area contributed by atoms with E-state index in [0.29, 0.717) is 29.2 Å². The minimum atomic E-state index is -0.278. The summed E-state index contributed by atoms with van der Waals surface area (Å²) in [6.45, 7) is 3.63. The zero-order chi connectivity index (χ0) is 12.4. The first-order valence-corrected chi connectivity index (χ1v) is 5.37. The molecule has 0 aliphatic rings. The molecule has 0 fully saturated rings. The van der Waals surface area contributed by atoms with Crippen LogP contribution in [-0.4, -0.2) is 15.0 Å². The molecule has 0 aliphatic heterocycles. The van der Waals surface area contributed by atoms with E-state index in [1.165, 1.54) is 6.07 Å². The van der Waals surface area contributed by atoms with Gasteiger partial charge in [-0.3, -0.25) is 0 Å². The number of nitrogens with two attached hydrogens (primary N) is 1. The lowest BCUT2D eigenvalue weighted by Gasteiger charge is -2.04.